The lowest BCUT2D eigenvalue weighted by Crippen LogP contribution is -2.49. The van der Waals surface area contributed by atoms with Crippen molar-refractivity contribution in [3.05, 3.63) is 35.6 Å². The zero-order valence-corrected chi connectivity index (χ0v) is 20.4. The third kappa shape index (κ3) is 7.94. The predicted molar refractivity (Wildman–Crippen MR) is 129 cm³/mol. The number of nitrogens with one attached hydrogen (secondary N) is 2. The summed E-state index contributed by atoms with van der Waals surface area (Å²) in [6, 6.07) is 6.85. The molecule has 0 aromatic heterocycles. The number of piperidine rings is 1. The molecule has 2 atom stereocenters. The Kier molecular flexibility index (Phi) is 11.3. The van der Waals surface area contributed by atoms with Crippen LogP contribution in [-0.4, -0.2) is 69.9 Å². The highest BCUT2D eigenvalue weighted by molar-refractivity contribution is 14.0. The van der Waals surface area contributed by atoms with Gasteiger partial charge in [-0.1, -0.05) is 12.1 Å². The molecule has 2 heterocycles. The van der Waals surface area contributed by atoms with E-state index >= 15 is 0 Å². The molecule has 2 saturated heterocycles. The molecule has 0 saturated carbocycles. The third-order valence-corrected chi connectivity index (χ3v) is 5.75. The maximum Gasteiger partial charge on any atom is 0.191 e. The Balaban J connectivity index is 0.00000320. The van der Waals surface area contributed by atoms with Gasteiger partial charge in [-0.25, -0.2) is 4.39 Å². The second-order valence-electron chi connectivity index (χ2n) is 7.94. The minimum absolute atomic E-state index is 0. The van der Waals surface area contributed by atoms with Crippen LogP contribution in [0.15, 0.2) is 29.3 Å². The molecule has 170 valence electrons. The van der Waals surface area contributed by atoms with Crippen molar-refractivity contribution in [3.8, 4) is 0 Å². The van der Waals surface area contributed by atoms with Gasteiger partial charge in [-0.2, -0.15) is 0 Å². The minimum atomic E-state index is -0.242. The molecule has 8 heteroatoms. The van der Waals surface area contributed by atoms with Gasteiger partial charge in [0.2, 0.25) is 0 Å². The number of rotatable bonds is 8. The molecule has 2 unspecified atom stereocenters. The molecule has 2 aliphatic rings. The lowest BCUT2D eigenvalue weighted by Gasteiger charge is -2.34. The molecule has 3 rings (SSSR count). The average Bonchev–Trinajstić information content (AvgIpc) is 3.24. The maximum atomic E-state index is 13.2. The summed E-state index contributed by atoms with van der Waals surface area (Å²) in [6.45, 7) is 8.59. The van der Waals surface area contributed by atoms with Crippen molar-refractivity contribution in [2.75, 3.05) is 53.0 Å². The van der Waals surface area contributed by atoms with E-state index in [1.54, 1.807) is 19.2 Å². The number of hydrogen-bond acceptors (Lipinski definition) is 4. The van der Waals surface area contributed by atoms with Gasteiger partial charge in [-0.3, -0.25) is 4.99 Å². The number of halogens is 2. The van der Waals surface area contributed by atoms with Crippen LogP contribution in [0, 0.1) is 11.7 Å². The largest absolute Gasteiger partial charge is 0.381 e. The van der Waals surface area contributed by atoms with E-state index in [1.807, 2.05) is 0 Å². The number of benzene rings is 1. The summed E-state index contributed by atoms with van der Waals surface area (Å²) < 4.78 is 24.2. The highest BCUT2D eigenvalue weighted by Crippen LogP contribution is 2.19. The van der Waals surface area contributed by atoms with Crippen molar-refractivity contribution in [1.29, 1.82) is 0 Å². The summed E-state index contributed by atoms with van der Waals surface area (Å²) in [4.78, 5) is 7.29. The first kappa shape index (κ1) is 25.3. The van der Waals surface area contributed by atoms with Crippen LogP contribution >= 0.6 is 24.0 Å². The van der Waals surface area contributed by atoms with Crippen molar-refractivity contribution in [2.45, 2.75) is 38.3 Å². The Labute approximate surface area is 197 Å². The highest BCUT2D eigenvalue weighted by Gasteiger charge is 2.24. The standard InChI is InChI=1S/C22H35FN4O2.HI/c1-3-24-22(25-14-21(28-2)18-4-6-19(23)7-5-18)26-20-8-11-27(12-9-20)15-17-10-13-29-16-17;/h4-7,17,20-21H,3,8-16H2,1-2H3,(H2,24,25,26);1H. The first-order chi connectivity index (χ1) is 14.2. The van der Waals surface area contributed by atoms with Crippen LogP contribution in [0.25, 0.3) is 0 Å². The Morgan fingerprint density at radius 2 is 2.00 bits per heavy atom. The number of aliphatic imine (C=N–C) groups is 1. The SMILES string of the molecule is CCNC(=NCC(OC)c1ccc(F)cc1)NC1CCN(CC2CCOC2)CC1.I. The van der Waals surface area contributed by atoms with Crippen LogP contribution in [0.5, 0.6) is 0 Å². The molecule has 30 heavy (non-hydrogen) atoms. The number of ether oxygens (including phenoxy) is 2. The summed E-state index contributed by atoms with van der Waals surface area (Å²) in [5, 5.41) is 6.92. The molecule has 0 radical (unpaired) electrons. The summed E-state index contributed by atoms with van der Waals surface area (Å²) in [7, 11) is 1.66. The fraction of sp³-hybridized carbons (Fsp3) is 0.682. The smallest absolute Gasteiger partial charge is 0.191 e. The lowest BCUT2D eigenvalue weighted by atomic mass is 10.0. The monoisotopic (exact) mass is 534 g/mol. The minimum Gasteiger partial charge on any atom is -0.381 e. The number of likely N-dealkylation sites (tertiary alicyclic amines) is 1. The summed E-state index contributed by atoms with van der Waals surface area (Å²) in [6.07, 6.45) is 3.23. The highest BCUT2D eigenvalue weighted by atomic mass is 127. The van der Waals surface area contributed by atoms with Crippen molar-refractivity contribution < 1.29 is 13.9 Å². The number of guanidine groups is 1. The summed E-state index contributed by atoms with van der Waals surface area (Å²) >= 11 is 0. The van der Waals surface area contributed by atoms with E-state index in [1.165, 1.54) is 18.6 Å². The molecule has 2 fully saturated rings. The molecule has 0 amide bonds. The Morgan fingerprint density at radius 1 is 1.27 bits per heavy atom. The molecule has 1 aromatic carbocycles. The quantitative estimate of drug-likeness (QED) is 0.305. The van der Waals surface area contributed by atoms with Crippen molar-refractivity contribution in [1.82, 2.24) is 15.5 Å². The van der Waals surface area contributed by atoms with Crippen LogP contribution in [0.2, 0.25) is 0 Å². The molecular formula is C22H36FIN4O2. The summed E-state index contributed by atoms with van der Waals surface area (Å²) in [5.41, 5.74) is 0.928. The lowest BCUT2D eigenvalue weighted by molar-refractivity contribution is 0.110. The molecule has 0 aliphatic carbocycles. The zero-order chi connectivity index (χ0) is 20.5. The summed E-state index contributed by atoms with van der Waals surface area (Å²) in [5.74, 6) is 1.28. The fourth-order valence-corrected chi connectivity index (χ4v) is 4.03. The number of hydrogen-bond donors (Lipinski definition) is 2. The van der Waals surface area contributed by atoms with E-state index in [0.717, 1.165) is 63.8 Å². The third-order valence-electron chi connectivity index (χ3n) is 5.75. The first-order valence-corrected chi connectivity index (χ1v) is 10.8. The molecule has 0 spiro atoms. The van der Waals surface area contributed by atoms with Gasteiger partial charge in [-0.15, -0.1) is 24.0 Å². The molecule has 1 aromatic rings. The van der Waals surface area contributed by atoms with E-state index in [0.29, 0.717) is 18.5 Å². The van der Waals surface area contributed by atoms with Crippen LogP contribution in [0.3, 0.4) is 0 Å². The fourth-order valence-electron chi connectivity index (χ4n) is 4.03. The van der Waals surface area contributed by atoms with Gasteiger partial charge in [0.25, 0.3) is 0 Å². The van der Waals surface area contributed by atoms with Gasteiger partial charge in [0, 0.05) is 45.9 Å². The second-order valence-corrected chi connectivity index (χ2v) is 7.94. The van der Waals surface area contributed by atoms with Gasteiger partial charge in [0.15, 0.2) is 5.96 Å². The number of methoxy groups -OCH3 is 1. The van der Waals surface area contributed by atoms with Crippen LogP contribution in [0.1, 0.15) is 37.9 Å². The maximum absolute atomic E-state index is 13.2. The van der Waals surface area contributed by atoms with Crippen molar-refractivity contribution in [3.63, 3.8) is 0 Å². The zero-order valence-electron chi connectivity index (χ0n) is 18.1. The predicted octanol–water partition coefficient (Wildman–Crippen LogP) is 3.19. The average molecular weight is 534 g/mol. The van der Waals surface area contributed by atoms with Gasteiger partial charge in [-0.05, 0) is 49.8 Å². The van der Waals surface area contributed by atoms with E-state index in [4.69, 9.17) is 14.5 Å². The molecular weight excluding hydrogens is 498 g/mol. The Morgan fingerprint density at radius 3 is 2.60 bits per heavy atom. The van der Waals surface area contributed by atoms with Gasteiger partial charge >= 0.3 is 0 Å². The van der Waals surface area contributed by atoms with E-state index in [9.17, 15) is 4.39 Å². The van der Waals surface area contributed by atoms with Crippen LogP contribution in [-0.2, 0) is 9.47 Å². The van der Waals surface area contributed by atoms with E-state index in [-0.39, 0.29) is 35.9 Å². The normalized spacial score (nSPS) is 21.8. The van der Waals surface area contributed by atoms with Gasteiger partial charge < -0.3 is 25.0 Å². The molecule has 2 aliphatic heterocycles. The molecule has 6 nitrogen and oxygen atoms in total. The van der Waals surface area contributed by atoms with Gasteiger partial charge in [0.1, 0.15) is 11.9 Å². The van der Waals surface area contributed by atoms with E-state index < -0.39 is 0 Å². The van der Waals surface area contributed by atoms with Gasteiger partial charge in [0.05, 0.1) is 13.2 Å². The molecule has 2 N–H and O–H groups in total. The Bertz CT molecular complexity index is 633. The van der Waals surface area contributed by atoms with E-state index in [2.05, 4.69) is 22.5 Å². The number of nitrogens with zero attached hydrogens (tertiary/aromatic N) is 2. The topological polar surface area (TPSA) is 58.1 Å². The Hall–Kier alpha value is -0.970. The molecule has 0 bridgehead atoms. The van der Waals surface area contributed by atoms with Crippen LogP contribution < -0.4 is 10.6 Å². The first-order valence-electron chi connectivity index (χ1n) is 10.8. The second kappa shape index (κ2) is 13.4. The van der Waals surface area contributed by atoms with Crippen molar-refractivity contribution in [2.24, 2.45) is 10.9 Å². The van der Waals surface area contributed by atoms with Crippen LogP contribution in [0.4, 0.5) is 4.39 Å². The van der Waals surface area contributed by atoms with Crippen molar-refractivity contribution >= 4 is 29.9 Å².